The number of amides is 2. The molecule has 9 heteroatoms. The number of nitrogens with zero attached hydrogens (tertiary/aromatic N) is 3. The average Bonchev–Trinajstić information content (AvgIpc) is 3.35. The van der Waals surface area contributed by atoms with Crippen LogP contribution < -0.4 is 10.9 Å². The van der Waals surface area contributed by atoms with E-state index < -0.39 is 0 Å². The first kappa shape index (κ1) is 20.2. The topological polar surface area (TPSA) is 99.6 Å². The van der Waals surface area contributed by atoms with Gasteiger partial charge in [-0.25, -0.2) is 9.50 Å². The molecular formula is C21H22ClN5O3. The lowest BCUT2D eigenvalue weighted by Crippen LogP contribution is -2.29. The fraction of sp³-hybridized carbons (Fsp3) is 0.333. The Morgan fingerprint density at radius 1 is 1.20 bits per heavy atom. The van der Waals surface area contributed by atoms with E-state index in [1.54, 1.807) is 34.5 Å². The molecule has 0 atom stereocenters. The normalized spacial score (nSPS) is 13.8. The van der Waals surface area contributed by atoms with Crippen molar-refractivity contribution in [3.8, 4) is 0 Å². The summed E-state index contributed by atoms with van der Waals surface area (Å²) in [6.07, 6.45) is 2.01. The van der Waals surface area contributed by atoms with E-state index in [-0.39, 0.29) is 23.8 Å². The Balaban J connectivity index is 1.60. The number of aromatic amines is 1. The molecule has 3 aromatic rings. The second-order valence-corrected chi connectivity index (χ2v) is 7.93. The molecule has 30 heavy (non-hydrogen) atoms. The number of hydrogen-bond acceptors (Lipinski definition) is 4. The average molecular weight is 428 g/mol. The van der Waals surface area contributed by atoms with Gasteiger partial charge in [0.15, 0.2) is 5.65 Å². The van der Waals surface area contributed by atoms with Gasteiger partial charge in [0.25, 0.3) is 11.5 Å². The maximum atomic E-state index is 12.9. The number of fused-ring (bicyclic) bond motifs is 1. The van der Waals surface area contributed by atoms with Gasteiger partial charge in [-0.1, -0.05) is 11.6 Å². The quantitative estimate of drug-likeness (QED) is 0.668. The molecule has 1 aliphatic heterocycles. The van der Waals surface area contributed by atoms with Gasteiger partial charge >= 0.3 is 0 Å². The van der Waals surface area contributed by atoms with Crippen molar-refractivity contribution in [2.75, 3.05) is 18.4 Å². The van der Waals surface area contributed by atoms with E-state index in [0.717, 1.165) is 18.5 Å². The molecular weight excluding hydrogens is 406 g/mol. The highest BCUT2D eigenvalue weighted by atomic mass is 35.5. The Morgan fingerprint density at radius 3 is 2.67 bits per heavy atom. The van der Waals surface area contributed by atoms with Crippen LogP contribution in [0.4, 0.5) is 5.69 Å². The molecule has 1 saturated heterocycles. The first-order valence-corrected chi connectivity index (χ1v) is 10.2. The molecule has 2 amide bonds. The lowest BCUT2D eigenvalue weighted by molar-refractivity contribution is -0.115. The number of carbonyl (C=O) groups excluding carboxylic acids is 2. The summed E-state index contributed by atoms with van der Waals surface area (Å²) in [4.78, 5) is 43.5. The van der Waals surface area contributed by atoms with Gasteiger partial charge in [0.05, 0.1) is 17.7 Å². The third-order valence-corrected chi connectivity index (χ3v) is 5.65. The number of halogens is 1. The van der Waals surface area contributed by atoms with Crippen LogP contribution in [0.5, 0.6) is 0 Å². The van der Waals surface area contributed by atoms with Crippen molar-refractivity contribution >= 4 is 34.7 Å². The third kappa shape index (κ3) is 3.82. The Bertz CT molecular complexity index is 1210. The molecule has 0 saturated carbocycles. The Labute approximate surface area is 177 Å². The zero-order valence-corrected chi connectivity index (χ0v) is 17.5. The van der Waals surface area contributed by atoms with Gasteiger partial charge in [-0.05, 0) is 44.9 Å². The highest BCUT2D eigenvalue weighted by molar-refractivity contribution is 6.31. The van der Waals surface area contributed by atoms with Crippen LogP contribution in [0.15, 0.2) is 29.1 Å². The van der Waals surface area contributed by atoms with Crippen LogP contribution in [0.25, 0.3) is 5.65 Å². The molecule has 0 spiro atoms. The van der Waals surface area contributed by atoms with E-state index in [1.807, 2.05) is 6.92 Å². The second-order valence-electron chi connectivity index (χ2n) is 7.49. The van der Waals surface area contributed by atoms with Crippen LogP contribution >= 0.6 is 11.6 Å². The summed E-state index contributed by atoms with van der Waals surface area (Å²) >= 11 is 6.11. The van der Waals surface area contributed by atoms with Gasteiger partial charge < -0.3 is 10.2 Å². The van der Waals surface area contributed by atoms with Gasteiger partial charge in [0, 0.05) is 41.1 Å². The van der Waals surface area contributed by atoms with Crippen LogP contribution in [0, 0.1) is 13.8 Å². The minimum Gasteiger partial charge on any atom is -0.339 e. The molecule has 8 nitrogen and oxygen atoms in total. The minimum absolute atomic E-state index is 0.0563. The number of benzene rings is 1. The number of hydrogen-bond donors (Lipinski definition) is 2. The molecule has 0 unspecified atom stereocenters. The van der Waals surface area contributed by atoms with Crippen LogP contribution in [0.3, 0.4) is 0 Å². The van der Waals surface area contributed by atoms with Crippen LogP contribution in [0.1, 0.15) is 40.2 Å². The van der Waals surface area contributed by atoms with Gasteiger partial charge in [-0.2, -0.15) is 0 Å². The second kappa shape index (κ2) is 7.95. The predicted molar refractivity (Wildman–Crippen MR) is 114 cm³/mol. The number of H-pyrrole nitrogens is 1. The fourth-order valence-corrected chi connectivity index (χ4v) is 4.03. The molecule has 1 fully saturated rings. The van der Waals surface area contributed by atoms with E-state index in [4.69, 9.17) is 11.6 Å². The Kier molecular flexibility index (Phi) is 5.34. The van der Waals surface area contributed by atoms with E-state index in [2.05, 4.69) is 15.4 Å². The Hall–Kier alpha value is -3.13. The summed E-state index contributed by atoms with van der Waals surface area (Å²) < 4.78 is 1.57. The van der Waals surface area contributed by atoms with Crippen molar-refractivity contribution in [1.82, 2.24) is 19.5 Å². The molecule has 1 aromatic carbocycles. The van der Waals surface area contributed by atoms with Crippen LogP contribution in [-0.4, -0.2) is 44.4 Å². The molecule has 0 aliphatic carbocycles. The van der Waals surface area contributed by atoms with E-state index in [0.29, 0.717) is 46.3 Å². The third-order valence-electron chi connectivity index (χ3n) is 5.42. The fourth-order valence-electron chi connectivity index (χ4n) is 3.86. The largest absolute Gasteiger partial charge is 0.339 e. The van der Waals surface area contributed by atoms with Crippen molar-refractivity contribution < 1.29 is 9.59 Å². The smallest absolute Gasteiger partial charge is 0.266 e. The van der Waals surface area contributed by atoms with Crippen molar-refractivity contribution in [3.63, 3.8) is 0 Å². The number of carbonyl (C=O) groups is 2. The summed E-state index contributed by atoms with van der Waals surface area (Å²) in [5, 5.41) is 5.96. The maximum absolute atomic E-state index is 12.9. The highest BCUT2D eigenvalue weighted by Crippen LogP contribution is 2.24. The number of likely N-dealkylation sites (tertiary alicyclic amines) is 1. The van der Waals surface area contributed by atoms with Gasteiger partial charge in [0.1, 0.15) is 0 Å². The van der Waals surface area contributed by atoms with Crippen molar-refractivity contribution in [2.24, 2.45) is 0 Å². The van der Waals surface area contributed by atoms with Crippen molar-refractivity contribution in [3.05, 3.63) is 62.2 Å². The Morgan fingerprint density at radius 2 is 1.93 bits per heavy atom. The van der Waals surface area contributed by atoms with Crippen LogP contribution in [0.2, 0.25) is 5.02 Å². The number of aromatic nitrogens is 3. The first-order chi connectivity index (χ1) is 14.3. The molecule has 1 aliphatic rings. The monoisotopic (exact) mass is 427 g/mol. The van der Waals surface area contributed by atoms with E-state index >= 15 is 0 Å². The summed E-state index contributed by atoms with van der Waals surface area (Å²) in [5.41, 5.74) is 3.20. The molecule has 0 radical (unpaired) electrons. The zero-order valence-electron chi connectivity index (χ0n) is 16.8. The summed E-state index contributed by atoms with van der Waals surface area (Å²) in [7, 11) is 0. The first-order valence-electron chi connectivity index (χ1n) is 9.80. The van der Waals surface area contributed by atoms with Crippen molar-refractivity contribution in [1.29, 1.82) is 0 Å². The van der Waals surface area contributed by atoms with E-state index in [9.17, 15) is 14.4 Å². The van der Waals surface area contributed by atoms with Gasteiger partial charge in [-0.15, -0.1) is 0 Å². The SMILES string of the molecule is Cc1nc2cc(=O)[nH]n2c(C)c1CC(=O)Nc1ccc(Cl)cc1C(=O)N1CCCC1. The standard InChI is InChI=1S/C21H22ClN5O3/c1-12-15(13(2)27-18(23-12)11-20(29)25-27)10-19(28)24-17-6-5-14(22)9-16(17)21(30)26-7-3-4-8-26/h5-6,9,11H,3-4,7-8,10H2,1-2H3,(H,24,28)(H,25,29). The molecule has 156 valence electrons. The molecule has 0 bridgehead atoms. The summed E-state index contributed by atoms with van der Waals surface area (Å²) in [6, 6.07) is 6.29. The summed E-state index contributed by atoms with van der Waals surface area (Å²) in [5.74, 6) is -0.416. The molecule has 2 aromatic heterocycles. The van der Waals surface area contributed by atoms with Gasteiger partial charge in [-0.3, -0.25) is 19.5 Å². The highest BCUT2D eigenvalue weighted by Gasteiger charge is 2.23. The lowest BCUT2D eigenvalue weighted by Gasteiger charge is -2.18. The van der Waals surface area contributed by atoms with E-state index in [1.165, 1.54) is 6.07 Å². The number of aryl methyl sites for hydroxylation is 2. The summed E-state index contributed by atoms with van der Waals surface area (Å²) in [6.45, 7) is 5.04. The van der Waals surface area contributed by atoms with Gasteiger partial charge in [0.2, 0.25) is 5.91 Å². The molecule has 3 heterocycles. The molecule has 4 rings (SSSR count). The van der Waals surface area contributed by atoms with Crippen LogP contribution in [-0.2, 0) is 11.2 Å². The molecule has 2 N–H and O–H groups in total. The number of nitrogens with one attached hydrogen (secondary N) is 2. The zero-order chi connectivity index (χ0) is 21.4. The van der Waals surface area contributed by atoms with Crippen molar-refractivity contribution in [2.45, 2.75) is 33.1 Å². The lowest BCUT2D eigenvalue weighted by atomic mass is 10.1. The minimum atomic E-state index is -0.283. The number of rotatable bonds is 4. The predicted octanol–water partition coefficient (Wildman–Crippen LogP) is 2.71. The number of anilines is 1. The maximum Gasteiger partial charge on any atom is 0.266 e.